The minimum Gasteiger partial charge on any atom is -0.355 e. The molecule has 27 heavy (non-hydrogen) atoms. The smallest absolute Gasteiger partial charge is 0.223 e. The largest absolute Gasteiger partial charge is 0.355 e. The first-order valence-electron chi connectivity index (χ1n) is 9.84. The fraction of sp³-hybridized carbons (Fsp3) is 0.476. The van der Waals surface area contributed by atoms with Gasteiger partial charge in [0, 0.05) is 30.6 Å². The SMILES string of the molecule is O=C(NC1CCCC1)C1CCN(c2ccc(-c3cccc(F)c3)nn2)CC1. The molecule has 0 atom stereocenters. The maximum Gasteiger partial charge on any atom is 0.223 e. The van der Waals surface area contributed by atoms with Gasteiger partial charge in [-0.2, -0.15) is 0 Å². The van der Waals surface area contributed by atoms with E-state index in [-0.39, 0.29) is 17.6 Å². The highest BCUT2D eigenvalue weighted by atomic mass is 19.1. The van der Waals surface area contributed by atoms with E-state index in [4.69, 9.17) is 0 Å². The van der Waals surface area contributed by atoms with E-state index >= 15 is 0 Å². The lowest BCUT2D eigenvalue weighted by Gasteiger charge is -2.32. The lowest BCUT2D eigenvalue weighted by atomic mass is 9.95. The van der Waals surface area contributed by atoms with Crippen molar-refractivity contribution in [2.45, 2.75) is 44.6 Å². The standard InChI is InChI=1S/C21H25FN4O/c22-17-5-3-4-16(14-17)19-8-9-20(25-24-19)26-12-10-15(11-13-26)21(27)23-18-6-1-2-7-18/h3-5,8-9,14-15,18H,1-2,6-7,10-13H2,(H,23,27). The van der Waals surface area contributed by atoms with Crippen LogP contribution in [0.3, 0.4) is 0 Å². The van der Waals surface area contributed by atoms with Crippen molar-refractivity contribution in [2.24, 2.45) is 5.92 Å². The quantitative estimate of drug-likeness (QED) is 0.897. The molecule has 0 radical (unpaired) electrons. The molecule has 2 heterocycles. The number of aromatic nitrogens is 2. The Morgan fingerprint density at radius 3 is 2.48 bits per heavy atom. The minimum atomic E-state index is -0.281. The number of halogens is 1. The Kier molecular flexibility index (Phi) is 5.32. The number of amides is 1. The number of nitrogens with zero attached hydrogens (tertiary/aromatic N) is 3. The topological polar surface area (TPSA) is 58.1 Å². The van der Waals surface area contributed by atoms with E-state index in [1.165, 1.54) is 25.0 Å². The number of benzene rings is 1. The first-order chi connectivity index (χ1) is 13.2. The Morgan fingerprint density at radius 1 is 1.04 bits per heavy atom. The highest BCUT2D eigenvalue weighted by Gasteiger charge is 2.28. The van der Waals surface area contributed by atoms with Crippen molar-refractivity contribution in [2.75, 3.05) is 18.0 Å². The highest BCUT2D eigenvalue weighted by Crippen LogP contribution is 2.25. The molecule has 0 unspecified atom stereocenters. The average molecular weight is 368 g/mol. The fourth-order valence-electron chi connectivity index (χ4n) is 4.06. The molecule has 1 aromatic heterocycles. The van der Waals surface area contributed by atoms with Gasteiger partial charge in [0.05, 0.1) is 5.69 Å². The summed E-state index contributed by atoms with van der Waals surface area (Å²) < 4.78 is 13.4. The molecule has 2 aromatic rings. The van der Waals surface area contributed by atoms with Crippen LogP contribution in [0.1, 0.15) is 38.5 Å². The molecule has 1 saturated carbocycles. The molecule has 6 heteroatoms. The van der Waals surface area contributed by atoms with Crippen molar-refractivity contribution in [3.63, 3.8) is 0 Å². The molecule has 142 valence electrons. The molecule has 5 nitrogen and oxygen atoms in total. The number of carbonyl (C=O) groups excluding carboxylic acids is 1. The lowest BCUT2D eigenvalue weighted by molar-refractivity contribution is -0.126. The van der Waals surface area contributed by atoms with Gasteiger partial charge in [0.25, 0.3) is 0 Å². The van der Waals surface area contributed by atoms with Gasteiger partial charge in [0.1, 0.15) is 5.82 Å². The van der Waals surface area contributed by atoms with Crippen LogP contribution >= 0.6 is 0 Å². The summed E-state index contributed by atoms with van der Waals surface area (Å²) >= 11 is 0. The van der Waals surface area contributed by atoms with Crippen molar-refractivity contribution in [3.05, 3.63) is 42.2 Å². The zero-order valence-corrected chi connectivity index (χ0v) is 15.4. The van der Waals surface area contributed by atoms with Gasteiger partial charge >= 0.3 is 0 Å². The normalized spacial score (nSPS) is 18.6. The average Bonchev–Trinajstić information content (AvgIpc) is 3.21. The van der Waals surface area contributed by atoms with Gasteiger partial charge in [-0.05, 0) is 49.9 Å². The number of rotatable bonds is 4. The molecule has 4 rings (SSSR count). The monoisotopic (exact) mass is 368 g/mol. The Morgan fingerprint density at radius 2 is 1.81 bits per heavy atom. The maximum atomic E-state index is 13.4. The van der Waals surface area contributed by atoms with E-state index in [1.54, 1.807) is 6.07 Å². The molecule has 1 N–H and O–H groups in total. The summed E-state index contributed by atoms with van der Waals surface area (Å²) in [6.45, 7) is 1.60. The second kappa shape index (κ2) is 8.03. The molecule has 0 spiro atoms. The third-order valence-electron chi connectivity index (χ3n) is 5.66. The van der Waals surface area contributed by atoms with Gasteiger partial charge in [-0.3, -0.25) is 4.79 Å². The Labute approximate surface area is 159 Å². The van der Waals surface area contributed by atoms with Crippen LogP contribution in [0.25, 0.3) is 11.3 Å². The predicted molar refractivity (Wildman–Crippen MR) is 103 cm³/mol. The summed E-state index contributed by atoms with van der Waals surface area (Å²) in [7, 11) is 0. The second-order valence-electron chi connectivity index (χ2n) is 7.54. The van der Waals surface area contributed by atoms with Crippen LogP contribution in [0.4, 0.5) is 10.2 Å². The van der Waals surface area contributed by atoms with Gasteiger partial charge < -0.3 is 10.2 Å². The van der Waals surface area contributed by atoms with Gasteiger partial charge in [-0.25, -0.2) is 4.39 Å². The van der Waals surface area contributed by atoms with Crippen molar-refractivity contribution in [1.29, 1.82) is 0 Å². The first-order valence-corrected chi connectivity index (χ1v) is 9.84. The summed E-state index contributed by atoms with van der Waals surface area (Å²) in [4.78, 5) is 14.6. The summed E-state index contributed by atoms with van der Waals surface area (Å²) in [5, 5.41) is 11.8. The van der Waals surface area contributed by atoms with Gasteiger partial charge in [0.2, 0.25) is 5.91 Å². The van der Waals surface area contributed by atoms with Crippen molar-refractivity contribution in [3.8, 4) is 11.3 Å². The fourth-order valence-corrected chi connectivity index (χ4v) is 4.06. The molecular formula is C21H25FN4O. The van der Waals surface area contributed by atoms with Crippen molar-refractivity contribution in [1.82, 2.24) is 15.5 Å². The molecule has 0 bridgehead atoms. The van der Waals surface area contributed by atoms with Crippen LogP contribution in [0, 0.1) is 11.7 Å². The van der Waals surface area contributed by atoms with Crippen LogP contribution in [0.2, 0.25) is 0 Å². The third-order valence-corrected chi connectivity index (χ3v) is 5.66. The van der Waals surface area contributed by atoms with Gasteiger partial charge in [-0.1, -0.05) is 25.0 Å². The van der Waals surface area contributed by atoms with Crippen LogP contribution in [-0.4, -0.2) is 35.2 Å². The number of anilines is 1. The van der Waals surface area contributed by atoms with E-state index in [2.05, 4.69) is 20.4 Å². The van der Waals surface area contributed by atoms with E-state index in [0.717, 1.165) is 50.2 Å². The maximum absolute atomic E-state index is 13.4. The molecule has 1 aliphatic carbocycles. The molecule has 1 saturated heterocycles. The second-order valence-corrected chi connectivity index (χ2v) is 7.54. The zero-order valence-electron chi connectivity index (χ0n) is 15.4. The van der Waals surface area contributed by atoms with Gasteiger partial charge in [0.15, 0.2) is 5.82 Å². The molecular weight excluding hydrogens is 343 g/mol. The molecule has 1 aliphatic heterocycles. The molecule has 2 fully saturated rings. The summed E-state index contributed by atoms with van der Waals surface area (Å²) in [6, 6.07) is 10.5. The van der Waals surface area contributed by atoms with E-state index < -0.39 is 0 Å². The number of carbonyl (C=O) groups is 1. The number of nitrogens with one attached hydrogen (secondary N) is 1. The summed E-state index contributed by atoms with van der Waals surface area (Å²) in [5.41, 5.74) is 1.38. The minimum absolute atomic E-state index is 0.0985. The van der Waals surface area contributed by atoms with E-state index in [0.29, 0.717) is 11.7 Å². The Balaban J connectivity index is 1.33. The summed E-state index contributed by atoms with van der Waals surface area (Å²) in [5.74, 6) is 0.844. The van der Waals surface area contributed by atoms with Crippen molar-refractivity contribution >= 4 is 11.7 Å². The Hall–Kier alpha value is -2.50. The van der Waals surface area contributed by atoms with Crippen LogP contribution < -0.4 is 10.2 Å². The predicted octanol–water partition coefficient (Wildman–Crippen LogP) is 3.56. The molecule has 2 aliphatic rings. The summed E-state index contributed by atoms with van der Waals surface area (Å²) in [6.07, 6.45) is 6.38. The third kappa shape index (κ3) is 4.26. The van der Waals surface area contributed by atoms with Gasteiger partial charge in [-0.15, -0.1) is 10.2 Å². The number of hydrogen-bond donors (Lipinski definition) is 1. The zero-order chi connectivity index (χ0) is 18.6. The number of piperidine rings is 1. The number of hydrogen-bond acceptors (Lipinski definition) is 4. The van der Waals surface area contributed by atoms with Crippen LogP contribution in [-0.2, 0) is 4.79 Å². The van der Waals surface area contributed by atoms with E-state index in [9.17, 15) is 9.18 Å². The molecule has 1 aromatic carbocycles. The molecule has 1 amide bonds. The highest BCUT2D eigenvalue weighted by molar-refractivity contribution is 5.79. The van der Waals surface area contributed by atoms with Crippen molar-refractivity contribution < 1.29 is 9.18 Å². The Bertz CT molecular complexity index is 781. The van der Waals surface area contributed by atoms with E-state index in [1.807, 2.05) is 18.2 Å². The van der Waals surface area contributed by atoms with Crippen LogP contribution in [0.5, 0.6) is 0 Å². The lowest BCUT2D eigenvalue weighted by Crippen LogP contribution is -2.43. The van der Waals surface area contributed by atoms with Crippen LogP contribution in [0.15, 0.2) is 36.4 Å². The first kappa shape index (κ1) is 17.9.